The van der Waals surface area contributed by atoms with Crippen LogP contribution in [-0.2, 0) is 12.8 Å². The van der Waals surface area contributed by atoms with Crippen LogP contribution in [0.4, 0.5) is 0 Å². The standard InChI is InChI=1S/C36H44N12O8/c1-17-25-35-47-27(23(55-35)9-13-39)33-43-22(16-51-33)30(50)42-20(8-4-6-12-38)32-46-26(18(2)54-32)36-48-28(24(56-36)10-14-40)34-44-21(15-52-34)29(49)41-19(7-3-5-11-37)31(45-25)53-17/h15-16,19-20H,3-14,37-40H2,1-2H3,(H,41,49)(H,42,50)/t19-,20-/m0/s1. The molecular formula is C36H44N12O8. The van der Waals surface area contributed by atoms with Crippen molar-refractivity contribution < 1.29 is 36.1 Å². The number of nitrogens with zero attached hydrogens (tertiary/aromatic N) is 6. The van der Waals surface area contributed by atoms with E-state index in [1.54, 1.807) is 13.8 Å². The molecule has 0 fully saturated rings. The molecule has 1 aliphatic rings. The molecule has 12 bridgehead atoms. The number of hydrogen-bond donors (Lipinski definition) is 6. The Kier molecular flexibility index (Phi) is 11.5. The average Bonchev–Trinajstić information content (AvgIpc) is 4.03. The van der Waals surface area contributed by atoms with Gasteiger partial charge in [0.1, 0.15) is 47.7 Å². The summed E-state index contributed by atoms with van der Waals surface area (Å²) in [5.74, 6) is 1.12. The number of amides is 2. The van der Waals surface area contributed by atoms with Gasteiger partial charge in [0.15, 0.2) is 34.2 Å². The van der Waals surface area contributed by atoms with Gasteiger partial charge in [0.25, 0.3) is 11.8 Å². The molecule has 0 spiro atoms. The van der Waals surface area contributed by atoms with Gasteiger partial charge in [-0.1, -0.05) is 0 Å². The van der Waals surface area contributed by atoms with Gasteiger partial charge in [0, 0.05) is 12.8 Å². The van der Waals surface area contributed by atoms with E-state index < -0.39 is 23.9 Å². The fraction of sp³-hybridized carbons (Fsp3) is 0.444. The molecule has 20 heteroatoms. The first-order valence-electron chi connectivity index (χ1n) is 18.5. The zero-order valence-corrected chi connectivity index (χ0v) is 31.1. The number of aromatic nitrogens is 6. The minimum atomic E-state index is -0.687. The summed E-state index contributed by atoms with van der Waals surface area (Å²) in [6.07, 6.45) is 6.64. The second-order valence-corrected chi connectivity index (χ2v) is 13.3. The number of hydrogen-bond acceptors (Lipinski definition) is 18. The fourth-order valence-electron chi connectivity index (χ4n) is 6.31. The van der Waals surface area contributed by atoms with E-state index in [9.17, 15) is 9.59 Å². The van der Waals surface area contributed by atoms with Gasteiger partial charge in [-0.3, -0.25) is 9.59 Å². The van der Waals surface area contributed by atoms with Crippen LogP contribution in [0.5, 0.6) is 0 Å². The van der Waals surface area contributed by atoms with Crippen LogP contribution >= 0.6 is 0 Å². The number of nitrogens with two attached hydrogens (primary N) is 4. The van der Waals surface area contributed by atoms with Crippen LogP contribution < -0.4 is 33.6 Å². The van der Waals surface area contributed by atoms with Gasteiger partial charge < -0.3 is 60.1 Å². The molecule has 0 aromatic carbocycles. The highest BCUT2D eigenvalue weighted by atomic mass is 16.4. The highest BCUT2D eigenvalue weighted by molar-refractivity contribution is 5.93. The molecule has 2 amide bonds. The topological polar surface area (TPSA) is 318 Å². The lowest BCUT2D eigenvalue weighted by Crippen LogP contribution is -2.29. The Balaban J connectivity index is 1.34. The number of oxazole rings is 6. The molecule has 0 aliphatic carbocycles. The van der Waals surface area contributed by atoms with Crippen LogP contribution in [0.1, 0.15) is 106 Å². The first kappa shape index (κ1) is 38.3. The minimum Gasteiger partial charge on any atom is -0.443 e. The Morgan fingerprint density at radius 1 is 0.536 bits per heavy atom. The molecule has 296 valence electrons. The van der Waals surface area contributed by atoms with Crippen LogP contribution in [0.2, 0.25) is 0 Å². The van der Waals surface area contributed by atoms with E-state index >= 15 is 0 Å². The van der Waals surface area contributed by atoms with Crippen LogP contribution in [-0.4, -0.2) is 67.9 Å². The van der Waals surface area contributed by atoms with Crippen molar-refractivity contribution in [2.75, 3.05) is 26.2 Å². The molecule has 56 heavy (non-hydrogen) atoms. The van der Waals surface area contributed by atoms with Gasteiger partial charge in [-0.15, -0.1) is 0 Å². The molecule has 6 aromatic heterocycles. The fourth-order valence-corrected chi connectivity index (χ4v) is 6.31. The number of unbranched alkanes of at least 4 members (excludes halogenated alkanes) is 2. The predicted molar refractivity (Wildman–Crippen MR) is 196 cm³/mol. The summed E-state index contributed by atoms with van der Waals surface area (Å²) >= 11 is 0. The molecule has 2 atom stereocenters. The molecule has 10 N–H and O–H groups in total. The number of fused-ring (bicyclic) bond motifs is 16. The Hall–Kier alpha value is -5.96. The number of carbonyl (C=O) groups is 2. The largest absolute Gasteiger partial charge is 0.443 e. The quantitative estimate of drug-likeness (QED) is 0.0970. The van der Waals surface area contributed by atoms with Crippen molar-refractivity contribution in [3.63, 3.8) is 0 Å². The minimum absolute atomic E-state index is 0.0184. The molecule has 20 nitrogen and oxygen atoms in total. The van der Waals surface area contributed by atoms with Crippen LogP contribution in [0.25, 0.3) is 46.3 Å². The maximum absolute atomic E-state index is 13.7. The second-order valence-electron chi connectivity index (χ2n) is 13.3. The van der Waals surface area contributed by atoms with Gasteiger partial charge >= 0.3 is 0 Å². The number of nitrogens with one attached hydrogen (secondary N) is 2. The third-order valence-corrected chi connectivity index (χ3v) is 9.15. The van der Waals surface area contributed by atoms with E-state index in [1.165, 1.54) is 12.5 Å². The summed E-state index contributed by atoms with van der Waals surface area (Å²) in [6.45, 7) is 4.78. The number of aryl methyl sites for hydroxylation is 2. The third kappa shape index (κ3) is 7.89. The van der Waals surface area contributed by atoms with Crippen LogP contribution in [0, 0.1) is 13.8 Å². The Bertz CT molecular complexity index is 2140. The van der Waals surface area contributed by atoms with Crippen molar-refractivity contribution in [1.29, 1.82) is 0 Å². The Morgan fingerprint density at radius 2 is 0.964 bits per heavy atom. The van der Waals surface area contributed by atoms with E-state index in [1.807, 2.05) is 0 Å². The first-order chi connectivity index (χ1) is 27.2. The summed E-state index contributed by atoms with van der Waals surface area (Å²) in [5.41, 5.74) is 24.4. The SMILES string of the molecule is Cc1oc2nc1-c1nc(c(CCN)o1)-c1nc(co1)C(=O)N[C@@H](CCCCN)c1nc(c(C)o1)-c1nc(c(CCN)o1)-c1nc(co1)C(=O)N[C@H]2CCCCN. The highest BCUT2D eigenvalue weighted by Gasteiger charge is 2.31. The van der Waals surface area contributed by atoms with Crippen LogP contribution in [0.15, 0.2) is 39.0 Å². The van der Waals surface area contributed by atoms with Crippen molar-refractivity contribution >= 4 is 11.8 Å². The van der Waals surface area contributed by atoms with E-state index in [0.29, 0.717) is 86.0 Å². The van der Waals surface area contributed by atoms with Crippen molar-refractivity contribution in [2.24, 2.45) is 22.9 Å². The normalized spacial score (nSPS) is 15.8. The van der Waals surface area contributed by atoms with Crippen molar-refractivity contribution in [3.05, 3.63) is 58.7 Å². The molecule has 7 rings (SSSR count). The third-order valence-electron chi connectivity index (χ3n) is 9.15. The predicted octanol–water partition coefficient (Wildman–Crippen LogP) is 3.42. The van der Waals surface area contributed by atoms with E-state index in [-0.39, 0.29) is 84.1 Å². The van der Waals surface area contributed by atoms with Crippen molar-refractivity contribution in [2.45, 2.75) is 77.3 Å². The van der Waals surface area contributed by atoms with Gasteiger partial charge in [0.2, 0.25) is 35.3 Å². The highest BCUT2D eigenvalue weighted by Crippen LogP contribution is 2.35. The average molecular weight is 773 g/mol. The van der Waals surface area contributed by atoms with E-state index in [4.69, 9.17) is 59.4 Å². The summed E-state index contributed by atoms with van der Waals surface area (Å²) in [4.78, 5) is 55.1. The van der Waals surface area contributed by atoms with E-state index in [2.05, 4.69) is 30.6 Å². The molecule has 6 aromatic rings. The summed E-state index contributed by atoms with van der Waals surface area (Å²) in [6, 6.07) is -1.37. The van der Waals surface area contributed by atoms with E-state index in [0.717, 1.165) is 0 Å². The zero-order valence-electron chi connectivity index (χ0n) is 31.1. The number of rotatable bonds is 12. The maximum atomic E-state index is 13.7. The molecule has 0 radical (unpaired) electrons. The Morgan fingerprint density at radius 3 is 1.36 bits per heavy atom. The van der Waals surface area contributed by atoms with Gasteiger partial charge in [-0.05, 0) is 78.6 Å². The molecule has 7 heterocycles. The molecular weight excluding hydrogens is 728 g/mol. The smallest absolute Gasteiger partial charge is 0.273 e. The monoisotopic (exact) mass is 772 g/mol. The van der Waals surface area contributed by atoms with Crippen LogP contribution in [0.3, 0.4) is 0 Å². The van der Waals surface area contributed by atoms with Gasteiger partial charge in [-0.2, -0.15) is 0 Å². The lowest BCUT2D eigenvalue weighted by Gasteiger charge is -2.14. The van der Waals surface area contributed by atoms with Gasteiger partial charge in [0.05, 0.1) is 0 Å². The lowest BCUT2D eigenvalue weighted by molar-refractivity contribution is 0.0914. The number of carbonyl (C=O) groups excluding carboxylic acids is 2. The summed E-state index contributed by atoms with van der Waals surface area (Å²) < 4.78 is 36.1. The molecule has 0 unspecified atom stereocenters. The van der Waals surface area contributed by atoms with Gasteiger partial charge in [-0.25, -0.2) is 29.9 Å². The lowest BCUT2D eigenvalue weighted by atomic mass is 10.1. The molecule has 0 saturated carbocycles. The molecule has 0 saturated heterocycles. The van der Waals surface area contributed by atoms with Crippen molar-refractivity contribution in [1.82, 2.24) is 40.5 Å². The second kappa shape index (κ2) is 16.8. The zero-order chi connectivity index (χ0) is 39.3. The summed E-state index contributed by atoms with van der Waals surface area (Å²) in [7, 11) is 0. The van der Waals surface area contributed by atoms with Crippen molar-refractivity contribution in [3.8, 4) is 46.3 Å². The first-order valence-corrected chi connectivity index (χ1v) is 18.5. The summed E-state index contributed by atoms with van der Waals surface area (Å²) in [5, 5.41) is 5.94. The molecule has 1 aliphatic heterocycles. The Labute approximate surface area is 319 Å². The maximum Gasteiger partial charge on any atom is 0.273 e.